The summed E-state index contributed by atoms with van der Waals surface area (Å²) < 4.78 is 18.7. The van der Waals surface area contributed by atoms with Crippen molar-refractivity contribution in [1.82, 2.24) is 20.5 Å². The average Bonchev–Trinajstić information content (AvgIpc) is 3.04. The molecule has 1 aromatic heterocycles. The van der Waals surface area contributed by atoms with Crippen molar-refractivity contribution >= 4 is 5.97 Å². The molecular weight excluding hydrogens is 632 g/mol. The van der Waals surface area contributed by atoms with Crippen molar-refractivity contribution < 1.29 is 44.5 Å². The van der Waals surface area contributed by atoms with E-state index in [1.165, 1.54) is 6.92 Å². The zero-order valence-electron chi connectivity index (χ0n) is 31.2. The first-order valence-electron chi connectivity index (χ1n) is 17.8. The molecule has 0 amide bonds. The highest BCUT2D eigenvalue weighted by Crippen LogP contribution is 2.40. The van der Waals surface area contributed by atoms with E-state index in [4.69, 9.17) is 14.2 Å². The topological polar surface area (TPSA) is 186 Å². The van der Waals surface area contributed by atoms with Crippen LogP contribution in [-0.4, -0.2) is 134 Å². The number of aliphatic hydroxyl groups is 5. The van der Waals surface area contributed by atoms with E-state index in [2.05, 4.69) is 15.6 Å². The van der Waals surface area contributed by atoms with Gasteiger partial charge >= 0.3 is 5.97 Å². The van der Waals surface area contributed by atoms with Crippen LogP contribution in [0.4, 0.5) is 0 Å². The van der Waals surface area contributed by atoms with Crippen molar-refractivity contribution in [2.75, 3.05) is 27.2 Å². The summed E-state index contributed by atoms with van der Waals surface area (Å²) >= 11 is 0. The first-order valence-corrected chi connectivity index (χ1v) is 17.8. The Morgan fingerprint density at radius 1 is 1.08 bits per heavy atom. The van der Waals surface area contributed by atoms with Crippen molar-refractivity contribution in [2.24, 2.45) is 17.8 Å². The highest BCUT2D eigenvalue weighted by molar-refractivity contribution is 5.74. The quantitative estimate of drug-likeness (QED) is 0.193. The van der Waals surface area contributed by atoms with E-state index in [1.807, 2.05) is 45.0 Å². The molecule has 0 spiro atoms. The summed E-state index contributed by atoms with van der Waals surface area (Å²) in [6.07, 6.45) is -1.65. The number of hydrogen-bond acceptors (Lipinski definition) is 13. The molecule has 14 atom stereocenters. The summed E-state index contributed by atoms with van der Waals surface area (Å²) in [6, 6.07) is 2.81. The van der Waals surface area contributed by atoms with Gasteiger partial charge in [0, 0.05) is 43.5 Å². The maximum absolute atomic E-state index is 14.0. The monoisotopic (exact) mass is 696 g/mol. The number of esters is 1. The molecule has 0 aliphatic carbocycles. The summed E-state index contributed by atoms with van der Waals surface area (Å²) in [5.74, 6) is -3.08. The number of carbonyl (C=O) groups excluding carboxylic acids is 1. The molecule has 49 heavy (non-hydrogen) atoms. The minimum absolute atomic E-state index is 0.0998. The lowest BCUT2D eigenvalue weighted by atomic mass is 9.70. The van der Waals surface area contributed by atoms with Gasteiger partial charge in [0.15, 0.2) is 6.29 Å². The second-order valence-electron chi connectivity index (χ2n) is 15.5. The number of hydrogen-bond donors (Lipinski definition) is 7. The van der Waals surface area contributed by atoms with Crippen LogP contribution in [0, 0.1) is 17.8 Å². The smallest absolute Gasteiger partial charge is 0.312 e. The fraction of sp³-hybridized carbons (Fsp3) is 0.833. The van der Waals surface area contributed by atoms with Gasteiger partial charge in [-0.25, -0.2) is 0 Å². The van der Waals surface area contributed by atoms with E-state index in [0.29, 0.717) is 19.5 Å². The molecule has 2 saturated heterocycles. The van der Waals surface area contributed by atoms with Gasteiger partial charge in [0.2, 0.25) is 0 Å². The predicted molar refractivity (Wildman–Crippen MR) is 185 cm³/mol. The molecule has 2 fully saturated rings. The predicted octanol–water partition coefficient (Wildman–Crippen LogP) is 1.19. The molecule has 13 heteroatoms. The molecule has 1 unspecified atom stereocenters. The number of nitrogens with one attached hydrogen (secondary N) is 2. The second-order valence-corrected chi connectivity index (χ2v) is 15.5. The molecule has 0 radical (unpaired) electrons. The Hall–Kier alpha value is -1.78. The minimum Gasteiger partial charge on any atom is -0.459 e. The Kier molecular flexibility index (Phi) is 14.6. The van der Waals surface area contributed by atoms with Crippen molar-refractivity contribution in [1.29, 1.82) is 0 Å². The highest BCUT2D eigenvalue weighted by Gasteiger charge is 2.54. The van der Waals surface area contributed by atoms with Gasteiger partial charge in [0.1, 0.15) is 23.9 Å². The van der Waals surface area contributed by atoms with Crippen LogP contribution < -0.4 is 10.6 Å². The summed E-state index contributed by atoms with van der Waals surface area (Å²) in [7, 11) is 3.75. The Labute approximate surface area is 292 Å². The van der Waals surface area contributed by atoms with Gasteiger partial charge < -0.3 is 55.3 Å². The molecule has 0 aromatic carbocycles. The zero-order valence-corrected chi connectivity index (χ0v) is 31.2. The number of pyridine rings is 1. The van der Waals surface area contributed by atoms with Gasteiger partial charge in [-0.1, -0.05) is 20.8 Å². The van der Waals surface area contributed by atoms with Gasteiger partial charge in [-0.15, -0.1) is 0 Å². The molecule has 0 saturated carbocycles. The Bertz CT molecular complexity index is 1170. The maximum atomic E-state index is 14.0. The lowest BCUT2D eigenvalue weighted by molar-refractivity contribution is -0.304. The van der Waals surface area contributed by atoms with Crippen molar-refractivity contribution in [3.05, 3.63) is 30.1 Å². The summed E-state index contributed by atoms with van der Waals surface area (Å²) in [5, 5.41) is 65.8. The summed E-state index contributed by atoms with van der Waals surface area (Å²) in [5.41, 5.74) is -4.38. The van der Waals surface area contributed by atoms with Crippen LogP contribution in [0.2, 0.25) is 0 Å². The SMILES string of the molecule is CC[C@H]1OC(=O)C(C)[C@@](O)(CNCc2ccncc2)[C@H](C)[C@@H](O[C@@H]2O[C@H](C)C[C@H](N(C)C)[C@H]2O)[C@@](C)(O)C[C@@H](C)CN[C@H](C)[C@@H](O)[C@]1(C)O. The standard InChI is InChI=1S/C36H64N4O9/c1-11-28-35(8,45)30(42)25(6)39-18-21(2)17-34(7,44)31(49-33-29(41)27(40(9)10)16-22(3)47-33)23(4)36(46,24(5)32(43)48-28)20-38-19-26-12-14-37-15-13-26/h12-15,21-25,27-31,33,38-39,41-42,44-46H,11,16-20H2,1-10H3/t21-,22-,23-,24?,25-,27+,28-,29-,30-,31-,33+,34+,35-,36-/m1/s1. The van der Waals surface area contributed by atoms with E-state index in [0.717, 1.165) is 5.56 Å². The third kappa shape index (κ3) is 9.97. The number of cyclic esters (lactones) is 1. The van der Waals surface area contributed by atoms with Gasteiger partial charge in [0.25, 0.3) is 0 Å². The van der Waals surface area contributed by atoms with Crippen LogP contribution in [0.25, 0.3) is 0 Å². The zero-order chi connectivity index (χ0) is 36.9. The number of likely N-dealkylation sites (N-methyl/N-ethyl adjacent to an activating group) is 1. The van der Waals surface area contributed by atoms with Crippen LogP contribution in [0.5, 0.6) is 0 Å². The minimum atomic E-state index is -1.89. The number of carbonyl (C=O) groups is 1. The van der Waals surface area contributed by atoms with E-state index >= 15 is 0 Å². The van der Waals surface area contributed by atoms with Crippen LogP contribution in [0.15, 0.2) is 24.5 Å². The van der Waals surface area contributed by atoms with Crippen molar-refractivity contribution in [3.63, 3.8) is 0 Å². The largest absolute Gasteiger partial charge is 0.459 e. The number of nitrogens with zero attached hydrogens (tertiary/aromatic N) is 2. The third-order valence-corrected chi connectivity index (χ3v) is 10.9. The van der Waals surface area contributed by atoms with E-state index in [-0.39, 0.29) is 37.5 Å². The number of aliphatic hydroxyl groups excluding tert-OH is 2. The maximum Gasteiger partial charge on any atom is 0.312 e. The Balaban J connectivity index is 2.12. The molecule has 282 valence electrons. The van der Waals surface area contributed by atoms with E-state index in [1.54, 1.807) is 47.0 Å². The van der Waals surface area contributed by atoms with Crippen molar-refractivity contribution in [2.45, 2.75) is 147 Å². The molecule has 3 heterocycles. The van der Waals surface area contributed by atoms with E-state index in [9.17, 15) is 30.3 Å². The molecule has 3 rings (SSSR count). The fourth-order valence-corrected chi connectivity index (χ4v) is 7.63. The molecular formula is C36H64N4O9. The lowest BCUT2D eigenvalue weighted by Gasteiger charge is -2.49. The normalized spacial score (nSPS) is 43.4. The third-order valence-electron chi connectivity index (χ3n) is 10.9. The summed E-state index contributed by atoms with van der Waals surface area (Å²) in [4.78, 5) is 20.0. The molecule has 2 aliphatic heterocycles. The van der Waals surface area contributed by atoms with Gasteiger partial charge in [-0.2, -0.15) is 0 Å². The number of rotatable bonds is 8. The highest BCUT2D eigenvalue weighted by atomic mass is 16.7. The van der Waals surface area contributed by atoms with Crippen LogP contribution >= 0.6 is 0 Å². The first-order chi connectivity index (χ1) is 22.8. The molecule has 2 aliphatic rings. The van der Waals surface area contributed by atoms with Crippen LogP contribution in [0.3, 0.4) is 0 Å². The van der Waals surface area contributed by atoms with Crippen molar-refractivity contribution in [3.8, 4) is 0 Å². The van der Waals surface area contributed by atoms with Crippen LogP contribution in [-0.2, 0) is 25.5 Å². The van der Waals surface area contributed by atoms with Gasteiger partial charge in [0.05, 0.1) is 29.3 Å². The number of ether oxygens (including phenoxy) is 3. The lowest BCUT2D eigenvalue weighted by Crippen LogP contribution is -2.64. The van der Waals surface area contributed by atoms with Gasteiger partial charge in [-0.3, -0.25) is 9.78 Å². The summed E-state index contributed by atoms with van der Waals surface area (Å²) in [6.45, 7) is 14.3. The van der Waals surface area contributed by atoms with Crippen LogP contribution in [0.1, 0.15) is 80.2 Å². The molecule has 1 aromatic rings. The Morgan fingerprint density at radius 2 is 1.71 bits per heavy atom. The molecule has 13 nitrogen and oxygen atoms in total. The molecule has 7 N–H and O–H groups in total. The first kappa shape index (κ1) is 41.6. The number of aromatic nitrogens is 1. The second kappa shape index (κ2) is 17.2. The fourth-order valence-electron chi connectivity index (χ4n) is 7.63. The Morgan fingerprint density at radius 3 is 2.31 bits per heavy atom. The van der Waals surface area contributed by atoms with E-state index < -0.39 is 71.4 Å². The average molecular weight is 697 g/mol. The van der Waals surface area contributed by atoms with Gasteiger partial charge in [-0.05, 0) is 98.1 Å². The molecule has 0 bridgehead atoms.